The maximum atomic E-state index is 11.7. The van der Waals surface area contributed by atoms with Gasteiger partial charge in [0, 0.05) is 6.42 Å². The van der Waals surface area contributed by atoms with Gasteiger partial charge in [0.1, 0.15) is 5.76 Å². The SMILES string of the molecule is C[C@@H](NC(=O)CCOC1CCNCC1)c1ccco1. The van der Waals surface area contributed by atoms with E-state index in [-0.39, 0.29) is 11.9 Å². The van der Waals surface area contributed by atoms with E-state index < -0.39 is 0 Å². The van der Waals surface area contributed by atoms with Gasteiger partial charge in [0.25, 0.3) is 0 Å². The molecule has 0 aromatic carbocycles. The molecule has 0 bridgehead atoms. The van der Waals surface area contributed by atoms with Crippen LogP contribution in [0.2, 0.25) is 0 Å². The highest BCUT2D eigenvalue weighted by molar-refractivity contribution is 5.76. The van der Waals surface area contributed by atoms with Gasteiger partial charge in [0.2, 0.25) is 5.91 Å². The Hall–Kier alpha value is -1.33. The van der Waals surface area contributed by atoms with Gasteiger partial charge in [-0.2, -0.15) is 0 Å². The second-order valence-corrected chi connectivity index (χ2v) is 4.87. The molecule has 5 heteroatoms. The number of hydrogen-bond acceptors (Lipinski definition) is 4. The average molecular weight is 266 g/mol. The molecule has 1 atom stereocenters. The lowest BCUT2D eigenvalue weighted by Crippen LogP contribution is -2.33. The number of nitrogens with one attached hydrogen (secondary N) is 2. The van der Waals surface area contributed by atoms with Crippen LogP contribution in [0, 0.1) is 0 Å². The van der Waals surface area contributed by atoms with E-state index in [2.05, 4.69) is 10.6 Å². The van der Waals surface area contributed by atoms with Crippen molar-refractivity contribution in [3.63, 3.8) is 0 Å². The minimum absolute atomic E-state index is 0.00201. The molecule has 0 radical (unpaired) electrons. The van der Waals surface area contributed by atoms with E-state index in [4.69, 9.17) is 9.15 Å². The predicted molar refractivity (Wildman–Crippen MR) is 71.7 cm³/mol. The van der Waals surface area contributed by atoms with Crippen molar-refractivity contribution in [1.29, 1.82) is 0 Å². The third-order valence-electron chi connectivity index (χ3n) is 3.32. The maximum Gasteiger partial charge on any atom is 0.222 e. The largest absolute Gasteiger partial charge is 0.467 e. The summed E-state index contributed by atoms with van der Waals surface area (Å²) in [7, 11) is 0. The normalized spacial score (nSPS) is 18.2. The van der Waals surface area contributed by atoms with E-state index in [1.807, 2.05) is 19.1 Å². The zero-order valence-corrected chi connectivity index (χ0v) is 11.4. The summed E-state index contributed by atoms with van der Waals surface area (Å²) in [6.45, 7) is 4.41. The Kier molecular flexibility index (Phi) is 5.42. The first kappa shape index (κ1) is 14.1. The Labute approximate surface area is 113 Å². The van der Waals surface area contributed by atoms with E-state index in [9.17, 15) is 4.79 Å². The minimum Gasteiger partial charge on any atom is -0.467 e. The Morgan fingerprint density at radius 2 is 2.37 bits per heavy atom. The van der Waals surface area contributed by atoms with Gasteiger partial charge in [-0.05, 0) is 45.0 Å². The molecule has 1 aromatic rings. The number of hydrogen-bond donors (Lipinski definition) is 2. The lowest BCUT2D eigenvalue weighted by Gasteiger charge is -2.22. The molecular formula is C14H22N2O3. The van der Waals surface area contributed by atoms with Crippen molar-refractivity contribution in [2.45, 2.75) is 38.3 Å². The zero-order valence-electron chi connectivity index (χ0n) is 11.4. The smallest absolute Gasteiger partial charge is 0.222 e. The van der Waals surface area contributed by atoms with Crippen LogP contribution in [-0.4, -0.2) is 31.7 Å². The lowest BCUT2D eigenvalue weighted by atomic mass is 10.1. The van der Waals surface area contributed by atoms with Crippen LogP contribution in [0.3, 0.4) is 0 Å². The molecule has 0 unspecified atom stereocenters. The second kappa shape index (κ2) is 7.31. The van der Waals surface area contributed by atoms with Gasteiger partial charge in [0.05, 0.1) is 25.0 Å². The molecule has 106 valence electrons. The number of ether oxygens (including phenoxy) is 1. The summed E-state index contributed by atoms with van der Waals surface area (Å²) in [4.78, 5) is 11.7. The van der Waals surface area contributed by atoms with E-state index in [1.165, 1.54) is 0 Å². The molecule has 1 saturated heterocycles. The van der Waals surface area contributed by atoms with Crippen LogP contribution in [0.1, 0.15) is 38.0 Å². The first-order valence-corrected chi connectivity index (χ1v) is 6.91. The van der Waals surface area contributed by atoms with E-state index in [1.54, 1.807) is 6.26 Å². The highest BCUT2D eigenvalue weighted by Gasteiger charge is 2.15. The van der Waals surface area contributed by atoms with Crippen molar-refractivity contribution >= 4 is 5.91 Å². The van der Waals surface area contributed by atoms with Crippen LogP contribution < -0.4 is 10.6 Å². The van der Waals surface area contributed by atoms with Crippen molar-refractivity contribution < 1.29 is 13.9 Å². The molecule has 1 aromatic heterocycles. The Morgan fingerprint density at radius 1 is 1.58 bits per heavy atom. The van der Waals surface area contributed by atoms with Gasteiger partial charge in [-0.1, -0.05) is 0 Å². The molecule has 1 amide bonds. The molecule has 0 saturated carbocycles. The van der Waals surface area contributed by atoms with Crippen LogP contribution >= 0.6 is 0 Å². The van der Waals surface area contributed by atoms with Crippen LogP contribution in [0.25, 0.3) is 0 Å². The first-order valence-electron chi connectivity index (χ1n) is 6.91. The van der Waals surface area contributed by atoms with Gasteiger partial charge >= 0.3 is 0 Å². The number of carbonyl (C=O) groups is 1. The molecule has 19 heavy (non-hydrogen) atoms. The molecule has 1 aliphatic rings. The molecule has 2 N–H and O–H groups in total. The van der Waals surface area contributed by atoms with Crippen molar-refractivity contribution in [3.05, 3.63) is 24.2 Å². The highest BCUT2D eigenvalue weighted by atomic mass is 16.5. The average Bonchev–Trinajstić information content (AvgIpc) is 2.94. The predicted octanol–water partition coefficient (Wildman–Crippen LogP) is 1.62. The molecule has 0 aliphatic carbocycles. The zero-order chi connectivity index (χ0) is 13.5. The summed E-state index contributed by atoms with van der Waals surface area (Å²) < 4.78 is 10.9. The van der Waals surface area contributed by atoms with Crippen molar-refractivity contribution in [1.82, 2.24) is 10.6 Å². The topological polar surface area (TPSA) is 63.5 Å². The molecule has 5 nitrogen and oxygen atoms in total. The van der Waals surface area contributed by atoms with Crippen molar-refractivity contribution in [2.75, 3.05) is 19.7 Å². The summed E-state index contributed by atoms with van der Waals surface area (Å²) in [6, 6.07) is 3.58. The summed E-state index contributed by atoms with van der Waals surface area (Å²) in [6.07, 6.45) is 4.37. The van der Waals surface area contributed by atoms with Crippen molar-refractivity contribution in [3.8, 4) is 0 Å². The summed E-state index contributed by atoms with van der Waals surface area (Å²) in [5, 5.41) is 6.18. The maximum absolute atomic E-state index is 11.7. The molecular weight excluding hydrogens is 244 g/mol. The standard InChI is InChI=1S/C14H22N2O3/c1-11(13-3-2-9-19-13)16-14(17)6-10-18-12-4-7-15-8-5-12/h2-3,9,11-12,15H,4-8,10H2,1H3,(H,16,17)/t11-/m1/s1. The first-order chi connectivity index (χ1) is 9.25. The lowest BCUT2D eigenvalue weighted by molar-refractivity contribution is -0.123. The second-order valence-electron chi connectivity index (χ2n) is 4.87. The van der Waals surface area contributed by atoms with Crippen LogP contribution in [0.5, 0.6) is 0 Å². The molecule has 2 heterocycles. The monoisotopic (exact) mass is 266 g/mol. The third-order valence-corrected chi connectivity index (χ3v) is 3.32. The molecule has 1 aliphatic heterocycles. The Morgan fingerprint density at radius 3 is 3.05 bits per heavy atom. The number of carbonyl (C=O) groups excluding carboxylic acids is 1. The number of rotatable bonds is 6. The van der Waals surface area contributed by atoms with Crippen LogP contribution in [-0.2, 0) is 9.53 Å². The minimum atomic E-state index is -0.0959. The fraction of sp³-hybridized carbons (Fsp3) is 0.643. The third kappa shape index (κ3) is 4.69. The van der Waals surface area contributed by atoms with Gasteiger partial charge < -0.3 is 19.8 Å². The number of piperidine rings is 1. The summed E-state index contributed by atoms with van der Waals surface area (Å²) in [5.41, 5.74) is 0. The highest BCUT2D eigenvalue weighted by Crippen LogP contribution is 2.12. The Bertz CT molecular complexity index is 372. The summed E-state index contributed by atoms with van der Waals surface area (Å²) >= 11 is 0. The number of furan rings is 1. The fourth-order valence-electron chi connectivity index (χ4n) is 2.20. The quantitative estimate of drug-likeness (QED) is 0.821. The van der Waals surface area contributed by atoms with Crippen molar-refractivity contribution in [2.24, 2.45) is 0 Å². The Balaban J connectivity index is 1.61. The van der Waals surface area contributed by atoms with Crippen LogP contribution in [0.15, 0.2) is 22.8 Å². The number of amides is 1. The fourth-order valence-corrected chi connectivity index (χ4v) is 2.20. The van der Waals surface area contributed by atoms with E-state index in [0.717, 1.165) is 31.7 Å². The van der Waals surface area contributed by atoms with Gasteiger partial charge in [-0.25, -0.2) is 0 Å². The van der Waals surface area contributed by atoms with Crippen LogP contribution in [0.4, 0.5) is 0 Å². The van der Waals surface area contributed by atoms with Gasteiger partial charge in [-0.3, -0.25) is 4.79 Å². The van der Waals surface area contributed by atoms with Gasteiger partial charge in [0.15, 0.2) is 0 Å². The molecule has 0 spiro atoms. The van der Waals surface area contributed by atoms with E-state index >= 15 is 0 Å². The molecule has 2 rings (SSSR count). The van der Waals surface area contributed by atoms with E-state index in [0.29, 0.717) is 19.1 Å². The molecule has 1 fully saturated rings. The summed E-state index contributed by atoms with van der Waals surface area (Å²) in [5.74, 6) is 0.769. The van der Waals surface area contributed by atoms with Gasteiger partial charge in [-0.15, -0.1) is 0 Å².